The molecule has 0 saturated heterocycles. The number of rotatable bonds is 5. The van der Waals surface area contributed by atoms with Crippen LogP contribution in [0, 0.1) is 0 Å². The predicted octanol–water partition coefficient (Wildman–Crippen LogP) is 3.60. The molecule has 104 valence electrons. The van der Waals surface area contributed by atoms with E-state index in [0.717, 1.165) is 11.1 Å². The second kappa shape index (κ2) is 5.70. The molecule has 5 heteroatoms. The van der Waals surface area contributed by atoms with Gasteiger partial charge in [-0.2, -0.15) is 0 Å². The van der Waals surface area contributed by atoms with Gasteiger partial charge in [-0.1, -0.05) is 25.4 Å². The second-order valence-corrected chi connectivity index (χ2v) is 5.31. The number of carboxylic acids is 1. The quantitative estimate of drug-likeness (QED) is 0.897. The maximum atomic E-state index is 10.6. The van der Waals surface area contributed by atoms with Crippen LogP contribution in [0.25, 0.3) is 0 Å². The molecule has 0 fully saturated rings. The van der Waals surface area contributed by atoms with Crippen molar-refractivity contribution < 1.29 is 19.4 Å². The lowest BCUT2D eigenvalue weighted by Crippen LogP contribution is -2.02. The Morgan fingerprint density at radius 1 is 1.42 bits per heavy atom. The van der Waals surface area contributed by atoms with Crippen molar-refractivity contribution in [2.24, 2.45) is 0 Å². The van der Waals surface area contributed by atoms with Crippen molar-refractivity contribution in [2.45, 2.75) is 39.0 Å². The molecule has 1 heterocycles. The average Bonchev–Trinajstić information content (AvgIpc) is 2.77. The molecule has 1 aromatic rings. The molecule has 0 aliphatic carbocycles. The molecule has 0 spiro atoms. The maximum absolute atomic E-state index is 10.6. The highest BCUT2D eigenvalue weighted by atomic mass is 35.5. The first kappa shape index (κ1) is 14.0. The SMILES string of the molecule is CC(C)c1c(CCCC(=O)O)cc(Cl)c2c1OCO2. The standard InChI is InChI=1S/C14H17ClO4/c1-8(2)12-9(4-3-5-11(16)17)6-10(15)13-14(12)19-7-18-13/h6,8H,3-5,7H2,1-2H3,(H,16,17). The molecule has 0 aromatic heterocycles. The molecule has 0 unspecified atom stereocenters. The van der Waals surface area contributed by atoms with Crippen LogP contribution < -0.4 is 9.47 Å². The first-order chi connectivity index (χ1) is 9.00. The number of halogens is 1. The van der Waals surface area contributed by atoms with E-state index in [4.69, 9.17) is 26.2 Å². The Morgan fingerprint density at radius 2 is 2.11 bits per heavy atom. The Labute approximate surface area is 117 Å². The Balaban J connectivity index is 2.31. The van der Waals surface area contributed by atoms with Crippen LogP contribution in [0.3, 0.4) is 0 Å². The van der Waals surface area contributed by atoms with Gasteiger partial charge in [-0.15, -0.1) is 0 Å². The molecule has 0 bridgehead atoms. The molecule has 0 radical (unpaired) electrons. The fraction of sp³-hybridized carbons (Fsp3) is 0.500. The van der Waals surface area contributed by atoms with E-state index in [2.05, 4.69) is 13.8 Å². The number of hydrogen-bond donors (Lipinski definition) is 1. The van der Waals surface area contributed by atoms with Crippen molar-refractivity contribution in [1.29, 1.82) is 0 Å². The van der Waals surface area contributed by atoms with Crippen molar-refractivity contribution in [3.05, 3.63) is 22.2 Å². The minimum atomic E-state index is -0.780. The summed E-state index contributed by atoms with van der Waals surface area (Å²) in [5, 5.41) is 9.24. The Morgan fingerprint density at radius 3 is 2.74 bits per heavy atom. The number of carbonyl (C=O) groups is 1. The Kier molecular flexibility index (Phi) is 4.20. The number of carboxylic acid groups (broad SMARTS) is 1. The summed E-state index contributed by atoms with van der Waals surface area (Å²) in [5.41, 5.74) is 2.12. The zero-order valence-electron chi connectivity index (χ0n) is 11.0. The summed E-state index contributed by atoms with van der Waals surface area (Å²) in [6.45, 7) is 4.34. The van der Waals surface area contributed by atoms with Crippen LogP contribution in [-0.4, -0.2) is 17.9 Å². The summed E-state index contributed by atoms with van der Waals surface area (Å²) in [6, 6.07) is 1.87. The first-order valence-electron chi connectivity index (χ1n) is 6.33. The van der Waals surface area contributed by atoms with Crippen LogP contribution in [0.1, 0.15) is 43.7 Å². The Hall–Kier alpha value is -1.42. The van der Waals surface area contributed by atoms with Gasteiger partial charge in [0.05, 0.1) is 5.02 Å². The summed E-state index contributed by atoms with van der Waals surface area (Å²) in [7, 11) is 0. The minimum Gasteiger partial charge on any atom is -0.481 e. The van der Waals surface area contributed by atoms with Gasteiger partial charge in [-0.3, -0.25) is 4.79 Å². The molecule has 0 amide bonds. The van der Waals surface area contributed by atoms with E-state index in [1.807, 2.05) is 6.07 Å². The molecule has 1 aliphatic rings. The van der Waals surface area contributed by atoms with Gasteiger partial charge in [0.15, 0.2) is 11.5 Å². The van der Waals surface area contributed by atoms with E-state index < -0.39 is 5.97 Å². The number of benzene rings is 1. The Bertz CT molecular complexity index is 497. The molecule has 0 saturated carbocycles. The van der Waals surface area contributed by atoms with Crippen molar-refractivity contribution in [3.8, 4) is 11.5 Å². The summed E-state index contributed by atoms with van der Waals surface area (Å²) >= 11 is 6.17. The molecular formula is C14H17ClO4. The smallest absolute Gasteiger partial charge is 0.303 e. The van der Waals surface area contributed by atoms with Gasteiger partial charge in [0.1, 0.15) is 0 Å². The van der Waals surface area contributed by atoms with Crippen LogP contribution in [0.15, 0.2) is 6.07 Å². The van der Waals surface area contributed by atoms with Crippen molar-refractivity contribution in [1.82, 2.24) is 0 Å². The highest BCUT2D eigenvalue weighted by Crippen LogP contribution is 2.46. The van der Waals surface area contributed by atoms with Crippen molar-refractivity contribution in [3.63, 3.8) is 0 Å². The first-order valence-corrected chi connectivity index (χ1v) is 6.71. The third-order valence-corrected chi connectivity index (χ3v) is 3.42. The monoisotopic (exact) mass is 284 g/mol. The largest absolute Gasteiger partial charge is 0.481 e. The molecule has 1 N–H and O–H groups in total. The molecule has 19 heavy (non-hydrogen) atoms. The maximum Gasteiger partial charge on any atom is 0.303 e. The average molecular weight is 285 g/mol. The van der Waals surface area contributed by atoms with Crippen LogP contribution in [0.2, 0.25) is 5.02 Å². The van der Waals surface area contributed by atoms with Crippen molar-refractivity contribution in [2.75, 3.05) is 6.79 Å². The number of hydrogen-bond acceptors (Lipinski definition) is 3. The van der Waals surface area contributed by atoms with Gasteiger partial charge in [0.2, 0.25) is 6.79 Å². The van der Waals surface area contributed by atoms with E-state index in [9.17, 15) is 4.79 Å². The molecule has 1 aromatic carbocycles. The van der Waals surface area contributed by atoms with Gasteiger partial charge in [-0.05, 0) is 30.4 Å². The van der Waals surface area contributed by atoms with E-state index in [1.165, 1.54) is 0 Å². The number of aliphatic carboxylic acids is 1. The van der Waals surface area contributed by atoms with Gasteiger partial charge in [-0.25, -0.2) is 0 Å². The van der Waals surface area contributed by atoms with Gasteiger partial charge in [0.25, 0.3) is 0 Å². The lowest BCUT2D eigenvalue weighted by atomic mass is 9.92. The predicted molar refractivity (Wildman–Crippen MR) is 72.2 cm³/mol. The zero-order chi connectivity index (χ0) is 14.0. The number of fused-ring (bicyclic) bond motifs is 1. The highest BCUT2D eigenvalue weighted by molar-refractivity contribution is 6.32. The fourth-order valence-electron chi connectivity index (χ4n) is 2.37. The molecule has 1 aliphatic heterocycles. The lowest BCUT2D eigenvalue weighted by Gasteiger charge is -2.16. The van der Waals surface area contributed by atoms with E-state index in [-0.39, 0.29) is 19.1 Å². The van der Waals surface area contributed by atoms with Crippen LogP contribution >= 0.6 is 11.6 Å². The van der Waals surface area contributed by atoms with Gasteiger partial charge in [0, 0.05) is 12.0 Å². The fourth-order valence-corrected chi connectivity index (χ4v) is 2.64. The van der Waals surface area contributed by atoms with Crippen LogP contribution in [0.5, 0.6) is 11.5 Å². The molecular weight excluding hydrogens is 268 g/mol. The van der Waals surface area contributed by atoms with Gasteiger partial charge >= 0.3 is 5.97 Å². The highest BCUT2D eigenvalue weighted by Gasteiger charge is 2.25. The van der Waals surface area contributed by atoms with Crippen LogP contribution in [-0.2, 0) is 11.2 Å². The van der Waals surface area contributed by atoms with Gasteiger partial charge < -0.3 is 14.6 Å². The summed E-state index contributed by atoms with van der Waals surface area (Å²) in [6.07, 6.45) is 1.42. The third kappa shape index (κ3) is 2.95. The normalized spacial score (nSPS) is 13.1. The summed E-state index contributed by atoms with van der Waals surface area (Å²) in [4.78, 5) is 10.6. The molecule has 2 rings (SSSR count). The van der Waals surface area contributed by atoms with E-state index >= 15 is 0 Å². The van der Waals surface area contributed by atoms with E-state index in [0.29, 0.717) is 29.4 Å². The second-order valence-electron chi connectivity index (χ2n) is 4.90. The summed E-state index contributed by atoms with van der Waals surface area (Å²) in [5.74, 6) is 0.811. The minimum absolute atomic E-state index is 0.156. The lowest BCUT2D eigenvalue weighted by molar-refractivity contribution is -0.137. The summed E-state index contributed by atoms with van der Waals surface area (Å²) < 4.78 is 10.9. The molecule has 0 atom stereocenters. The third-order valence-electron chi connectivity index (χ3n) is 3.14. The number of ether oxygens (including phenoxy) is 2. The topological polar surface area (TPSA) is 55.8 Å². The van der Waals surface area contributed by atoms with Crippen molar-refractivity contribution >= 4 is 17.6 Å². The number of aryl methyl sites for hydroxylation is 1. The van der Waals surface area contributed by atoms with E-state index in [1.54, 1.807) is 0 Å². The molecule has 4 nitrogen and oxygen atoms in total. The van der Waals surface area contributed by atoms with Crippen LogP contribution in [0.4, 0.5) is 0 Å². The zero-order valence-corrected chi connectivity index (χ0v) is 11.8.